The predicted octanol–water partition coefficient (Wildman–Crippen LogP) is 2.53. The van der Waals surface area contributed by atoms with Crippen LogP contribution < -0.4 is 0 Å². The van der Waals surface area contributed by atoms with Crippen molar-refractivity contribution in [2.75, 3.05) is 0 Å². The van der Waals surface area contributed by atoms with Crippen molar-refractivity contribution in [2.24, 2.45) is 0 Å². The van der Waals surface area contributed by atoms with Crippen molar-refractivity contribution < 1.29 is 12.9 Å². The SMILES string of the molecule is CC1CC(C)(C)c2c(CS(=O)(=O)Cl)noc21. The van der Waals surface area contributed by atoms with Crippen LogP contribution in [0.3, 0.4) is 0 Å². The first-order chi connectivity index (χ1) is 7.21. The van der Waals surface area contributed by atoms with Gasteiger partial charge in [-0.2, -0.15) is 0 Å². The Balaban J connectivity index is 2.49. The molecule has 1 aromatic heterocycles. The third-order valence-corrected chi connectivity index (χ3v) is 3.98. The Morgan fingerprint density at radius 2 is 2.19 bits per heavy atom. The van der Waals surface area contributed by atoms with Gasteiger partial charge in [0, 0.05) is 22.2 Å². The van der Waals surface area contributed by atoms with Gasteiger partial charge in [0.15, 0.2) is 0 Å². The summed E-state index contributed by atoms with van der Waals surface area (Å²) in [7, 11) is 1.66. The van der Waals surface area contributed by atoms with Crippen LogP contribution in [0.25, 0.3) is 0 Å². The van der Waals surface area contributed by atoms with Gasteiger partial charge in [-0.15, -0.1) is 0 Å². The van der Waals surface area contributed by atoms with E-state index in [2.05, 4.69) is 25.9 Å². The lowest BCUT2D eigenvalue weighted by Crippen LogP contribution is -2.15. The van der Waals surface area contributed by atoms with Gasteiger partial charge < -0.3 is 4.52 Å². The van der Waals surface area contributed by atoms with Crippen LogP contribution in [0.5, 0.6) is 0 Å². The fourth-order valence-corrected chi connectivity index (χ4v) is 3.45. The van der Waals surface area contributed by atoms with Crippen LogP contribution in [0.4, 0.5) is 0 Å². The van der Waals surface area contributed by atoms with Gasteiger partial charge in [0.05, 0.1) is 0 Å². The van der Waals surface area contributed by atoms with Gasteiger partial charge in [0.25, 0.3) is 0 Å². The normalized spacial score (nSPS) is 23.4. The summed E-state index contributed by atoms with van der Waals surface area (Å²) >= 11 is 0. The summed E-state index contributed by atoms with van der Waals surface area (Å²) in [6, 6.07) is 0. The molecule has 0 fully saturated rings. The summed E-state index contributed by atoms with van der Waals surface area (Å²) in [6.07, 6.45) is 0.943. The lowest BCUT2D eigenvalue weighted by atomic mass is 9.86. The van der Waals surface area contributed by atoms with E-state index in [0.717, 1.165) is 17.7 Å². The smallest absolute Gasteiger partial charge is 0.238 e. The molecule has 4 nitrogen and oxygen atoms in total. The van der Waals surface area contributed by atoms with Crippen molar-refractivity contribution in [2.45, 2.75) is 44.3 Å². The first-order valence-corrected chi connectivity index (χ1v) is 7.60. The molecule has 0 saturated heterocycles. The van der Waals surface area contributed by atoms with E-state index in [1.807, 2.05) is 0 Å². The largest absolute Gasteiger partial charge is 0.361 e. The van der Waals surface area contributed by atoms with E-state index in [1.54, 1.807) is 0 Å². The number of aromatic nitrogens is 1. The van der Waals surface area contributed by atoms with Gasteiger partial charge in [0.2, 0.25) is 9.05 Å². The molecule has 1 aliphatic rings. The molecular weight excluding hydrogens is 250 g/mol. The molecule has 0 saturated carbocycles. The fourth-order valence-electron chi connectivity index (χ4n) is 2.62. The second kappa shape index (κ2) is 3.47. The summed E-state index contributed by atoms with van der Waals surface area (Å²) in [5.41, 5.74) is 1.29. The molecule has 0 aromatic carbocycles. The molecule has 1 aromatic rings. The van der Waals surface area contributed by atoms with Crippen LogP contribution in [0, 0.1) is 0 Å². The molecule has 6 heteroatoms. The van der Waals surface area contributed by atoms with Gasteiger partial charge in [-0.25, -0.2) is 8.42 Å². The highest BCUT2D eigenvalue weighted by Gasteiger charge is 2.41. The van der Waals surface area contributed by atoms with E-state index in [-0.39, 0.29) is 17.1 Å². The number of hydrogen-bond donors (Lipinski definition) is 0. The van der Waals surface area contributed by atoms with Gasteiger partial charge in [0.1, 0.15) is 17.2 Å². The Labute approximate surface area is 99.4 Å². The molecule has 0 amide bonds. The Hall–Kier alpha value is -0.550. The maximum atomic E-state index is 11.1. The van der Waals surface area contributed by atoms with E-state index in [9.17, 15) is 8.42 Å². The molecule has 0 aliphatic heterocycles. The molecule has 1 heterocycles. The molecule has 1 atom stereocenters. The molecule has 0 N–H and O–H groups in total. The minimum Gasteiger partial charge on any atom is -0.361 e. The highest BCUT2D eigenvalue weighted by Crippen LogP contribution is 2.47. The van der Waals surface area contributed by atoms with Gasteiger partial charge in [-0.05, 0) is 11.8 Å². The molecule has 1 unspecified atom stereocenters. The van der Waals surface area contributed by atoms with Gasteiger partial charge in [-0.3, -0.25) is 0 Å². The van der Waals surface area contributed by atoms with E-state index in [1.165, 1.54) is 0 Å². The number of halogens is 1. The first-order valence-electron chi connectivity index (χ1n) is 5.12. The maximum absolute atomic E-state index is 11.1. The molecule has 90 valence electrons. The lowest BCUT2D eigenvalue weighted by Gasteiger charge is -2.18. The van der Waals surface area contributed by atoms with Crippen molar-refractivity contribution in [3.05, 3.63) is 17.0 Å². The van der Waals surface area contributed by atoms with Gasteiger partial charge in [-0.1, -0.05) is 25.9 Å². The maximum Gasteiger partial charge on any atom is 0.238 e. The van der Waals surface area contributed by atoms with Crippen molar-refractivity contribution in [3.63, 3.8) is 0 Å². The lowest BCUT2D eigenvalue weighted by molar-refractivity contribution is 0.356. The van der Waals surface area contributed by atoms with Crippen molar-refractivity contribution in [1.82, 2.24) is 5.16 Å². The van der Waals surface area contributed by atoms with E-state index in [0.29, 0.717) is 5.69 Å². The Morgan fingerprint density at radius 1 is 1.56 bits per heavy atom. The predicted molar refractivity (Wildman–Crippen MR) is 61.0 cm³/mol. The molecule has 0 bridgehead atoms. The van der Waals surface area contributed by atoms with E-state index in [4.69, 9.17) is 15.2 Å². The second-order valence-corrected chi connectivity index (χ2v) is 7.82. The molecule has 1 aliphatic carbocycles. The van der Waals surface area contributed by atoms with Crippen LogP contribution in [-0.2, 0) is 20.2 Å². The van der Waals surface area contributed by atoms with Crippen LogP contribution in [0.15, 0.2) is 4.52 Å². The highest BCUT2D eigenvalue weighted by atomic mass is 35.7. The van der Waals surface area contributed by atoms with E-state index < -0.39 is 9.05 Å². The summed E-state index contributed by atoms with van der Waals surface area (Å²) < 4.78 is 27.4. The third-order valence-electron chi connectivity index (χ3n) is 3.04. The quantitative estimate of drug-likeness (QED) is 0.770. The van der Waals surface area contributed by atoms with E-state index >= 15 is 0 Å². The zero-order chi connectivity index (χ0) is 12.1. The molecule has 2 rings (SSSR count). The standard InChI is InChI=1S/C10H14ClNO3S/c1-6-4-10(2,3)8-7(5-16(11,13)14)12-15-9(6)8/h6H,4-5H2,1-3H3. The molecule has 16 heavy (non-hydrogen) atoms. The van der Waals surface area contributed by atoms with Crippen LogP contribution >= 0.6 is 10.7 Å². The number of fused-ring (bicyclic) bond motifs is 1. The fraction of sp³-hybridized carbons (Fsp3) is 0.700. The molecule has 0 spiro atoms. The highest BCUT2D eigenvalue weighted by molar-refractivity contribution is 8.13. The summed E-state index contributed by atoms with van der Waals surface area (Å²) in [6.45, 7) is 6.19. The van der Waals surface area contributed by atoms with Crippen LogP contribution in [-0.4, -0.2) is 13.6 Å². The van der Waals surface area contributed by atoms with Crippen LogP contribution in [0.2, 0.25) is 0 Å². The average molecular weight is 264 g/mol. The molecular formula is C10H14ClNO3S. The Kier molecular flexibility index (Phi) is 2.58. The zero-order valence-corrected chi connectivity index (χ0v) is 11.0. The summed E-state index contributed by atoms with van der Waals surface area (Å²) in [4.78, 5) is 0. The van der Waals surface area contributed by atoms with Crippen molar-refractivity contribution >= 4 is 19.7 Å². The number of nitrogens with zero attached hydrogens (tertiary/aromatic N) is 1. The number of rotatable bonds is 2. The number of hydrogen-bond acceptors (Lipinski definition) is 4. The average Bonchev–Trinajstić information content (AvgIpc) is 2.52. The minimum absolute atomic E-state index is 0.0916. The zero-order valence-electron chi connectivity index (χ0n) is 9.45. The van der Waals surface area contributed by atoms with Crippen LogP contribution in [0.1, 0.15) is 50.1 Å². The van der Waals surface area contributed by atoms with Crippen molar-refractivity contribution in [1.29, 1.82) is 0 Å². The minimum atomic E-state index is -3.59. The summed E-state index contributed by atoms with van der Waals surface area (Å²) in [5, 5.41) is 3.83. The Morgan fingerprint density at radius 3 is 2.75 bits per heavy atom. The third kappa shape index (κ3) is 1.98. The van der Waals surface area contributed by atoms with Crippen molar-refractivity contribution in [3.8, 4) is 0 Å². The Bertz CT molecular complexity index is 518. The first kappa shape index (κ1) is 11.9. The second-order valence-electron chi connectivity index (χ2n) is 5.04. The monoisotopic (exact) mass is 263 g/mol. The summed E-state index contributed by atoms with van der Waals surface area (Å²) in [5.74, 6) is 0.827. The van der Waals surface area contributed by atoms with Gasteiger partial charge >= 0.3 is 0 Å². The molecule has 0 radical (unpaired) electrons. The topological polar surface area (TPSA) is 60.2 Å².